The van der Waals surface area contributed by atoms with Crippen molar-refractivity contribution < 1.29 is 14.3 Å². The van der Waals surface area contributed by atoms with Gasteiger partial charge in [0.2, 0.25) is 6.20 Å². The third-order valence-corrected chi connectivity index (χ3v) is 4.18. The fraction of sp³-hybridized carbons (Fsp3) is 0.357. The van der Waals surface area contributed by atoms with Crippen LogP contribution in [0.15, 0.2) is 24.7 Å². The summed E-state index contributed by atoms with van der Waals surface area (Å²) in [6.07, 6.45) is 5.42. The second-order valence-corrected chi connectivity index (χ2v) is 5.33. The molecule has 2 aliphatic rings. The number of methoxy groups -OCH3 is 1. The number of nitrogens with zero attached hydrogens (tertiary/aromatic N) is 3. The van der Waals surface area contributed by atoms with Crippen molar-refractivity contribution in [3.63, 3.8) is 0 Å². The van der Waals surface area contributed by atoms with Crippen molar-refractivity contribution in [1.29, 1.82) is 0 Å². The lowest BCUT2D eigenvalue weighted by molar-refractivity contribution is -0.605. The summed E-state index contributed by atoms with van der Waals surface area (Å²) in [7, 11) is 1.38. The van der Waals surface area contributed by atoms with Crippen molar-refractivity contribution >= 4 is 5.97 Å². The van der Waals surface area contributed by atoms with Crippen LogP contribution in [0.5, 0.6) is 0 Å². The number of esters is 1. The first kappa shape index (κ1) is 11.5. The highest BCUT2D eigenvalue weighted by Crippen LogP contribution is 2.56. The second kappa shape index (κ2) is 3.82. The molecule has 2 unspecified atom stereocenters. The minimum atomic E-state index is -0.343. The van der Waals surface area contributed by atoms with Crippen molar-refractivity contribution in [2.45, 2.75) is 18.9 Å². The Bertz CT molecular complexity index is 722. The van der Waals surface area contributed by atoms with Gasteiger partial charge in [0.1, 0.15) is 11.4 Å². The second-order valence-electron chi connectivity index (χ2n) is 5.33. The van der Waals surface area contributed by atoms with Gasteiger partial charge < -0.3 is 14.5 Å². The molecule has 20 heavy (non-hydrogen) atoms. The quantitative estimate of drug-likeness (QED) is 0.465. The molecule has 1 aliphatic carbocycles. The largest absolute Gasteiger partial charge is 0.619 e. The summed E-state index contributed by atoms with van der Waals surface area (Å²) in [5, 5.41) is 11.4. The van der Waals surface area contributed by atoms with E-state index in [0.29, 0.717) is 23.2 Å². The van der Waals surface area contributed by atoms with Crippen molar-refractivity contribution in [2.75, 3.05) is 7.11 Å². The lowest BCUT2D eigenvalue weighted by Gasteiger charge is -2.06. The van der Waals surface area contributed by atoms with Crippen molar-refractivity contribution in [3.8, 4) is 11.3 Å². The molecular formula is C14H13N3O3. The number of ether oxygens (including phenoxy) is 1. The van der Waals surface area contributed by atoms with Gasteiger partial charge in [-0.3, -0.25) is 0 Å². The van der Waals surface area contributed by atoms with E-state index < -0.39 is 0 Å². The maximum Gasteiger partial charge on any atom is 0.354 e. The molecule has 1 fully saturated rings. The first-order valence-corrected chi connectivity index (χ1v) is 6.56. The zero-order chi connectivity index (χ0) is 13.9. The summed E-state index contributed by atoms with van der Waals surface area (Å²) in [5.74, 6) is 0.770. The number of carbonyl (C=O) groups is 1. The van der Waals surface area contributed by atoms with Gasteiger partial charge in [0.25, 0.3) is 0 Å². The topological polar surface area (TPSA) is 71.1 Å². The maximum atomic E-state index is 11.9. The van der Waals surface area contributed by atoms with Crippen LogP contribution in [0.2, 0.25) is 0 Å². The first-order chi connectivity index (χ1) is 9.69. The minimum absolute atomic E-state index is 0.343. The highest BCUT2D eigenvalue weighted by Gasteiger charge is 2.49. The average Bonchev–Trinajstić information content (AvgIpc) is 2.95. The molecule has 2 atom stereocenters. The van der Waals surface area contributed by atoms with Crippen LogP contribution in [0.4, 0.5) is 0 Å². The third-order valence-electron chi connectivity index (χ3n) is 4.18. The van der Waals surface area contributed by atoms with Gasteiger partial charge in [0.05, 0.1) is 13.3 Å². The molecule has 0 spiro atoms. The molecule has 2 aromatic heterocycles. The predicted molar refractivity (Wildman–Crippen MR) is 68.8 cm³/mol. The van der Waals surface area contributed by atoms with Gasteiger partial charge >= 0.3 is 5.97 Å². The maximum absolute atomic E-state index is 11.9. The van der Waals surface area contributed by atoms with E-state index in [1.165, 1.54) is 25.7 Å². The first-order valence-electron chi connectivity index (χ1n) is 6.56. The van der Waals surface area contributed by atoms with Gasteiger partial charge in [0, 0.05) is 23.7 Å². The van der Waals surface area contributed by atoms with E-state index in [1.54, 1.807) is 6.07 Å². The van der Waals surface area contributed by atoms with Crippen molar-refractivity contribution in [2.24, 2.45) is 5.92 Å². The predicted octanol–water partition coefficient (Wildman–Crippen LogP) is 1.09. The Morgan fingerprint density at radius 3 is 3.20 bits per heavy atom. The van der Waals surface area contributed by atoms with Gasteiger partial charge in [0.15, 0.2) is 6.20 Å². The Hall–Kier alpha value is -2.37. The zero-order valence-corrected chi connectivity index (χ0v) is 10.9. The van der Waals surface area contributed by atoms with Crippen molar-refractivity contribution in [3.05, 3.63) is 41.3 Å². The van der Waals surface area contributed by atoms with Gasteiger partial charge in [-0.1, -0.05) is 0 Å². The molecule has 102 valence electrons. The highest BCUT2D eigenvalue weighted by molar-refractivity contribution is 5.90. The molecule has 0 saturated heterocycles. The average molecular weight is 271 g/mol. The summed E-state index contributed by atoms with van der Waals surface area (Å²) >= 11 is 0. The molecule has 0 amide bonds. The normalized spacial score (nSPS) is 22.2. The fourth-order valence-corrected chi connectivity index (χ4v) is 3.17. The van der Waals surface area contributed by atoms with Crippen LogP contribution in [0, 0.1) is 11.1 Å². The molecule has 3 heterocycles. The van der Waals surface area contributed by atoms with Crippen LogP contribution in [-0.4, -0.2) is 22.6 Å². The van der Waals surface area contributed by atoms with Gasteiger partial charge in [-0.25, -0.2) is 9.78 Å². The molecule has 6 nitrogen and oxygen atoms in total. The van der Waals surface area contributed by atoms with E-state index in [4.69, 9.17) is 4.74 Å². The van der Waals surface area contributed by atoms with Crippen LogP contribution >= 0.6 is 0 Å². The molecule has 1 saturated carbocycles. The molecule has 6 heteroatoms. The molecule has 0 N–H and O–H groups in total. The summed E-state index contributed by atoms with van der Waals surface area (Å²) in [6, 6.07) is 1.79. The smallest absolute Gasteiger partial charge is 0.354 e. The van der Waals surface area contributed by atoms with Crippen LogP contribution in [-0.2, 0) is 11.3 Å². The Morgan fingerprint density at radius 2 is 2.45 bits per heavy atom. The molecule has 4 rings (SSSR count). The zero-order valence-electron chi connectivity index (χ0n) is 10.9. The number of hydrogen-bond acceptors (Lipinski definition) is 4. The van der Waals surface area contributed by atoms with E-state index >= 15 is 0 Å². The van der Waals surface area contributed by atoms with E-state index in [9.17, 15) is 10.0 Å². The van der Waals surface area contributed by atoms with Gasteiger partial charge in [-0.2, -0.15) is 4.73 Å². The number of hydrogen-bond donors (Lipinski definition) is 0. The standard InChI is InChI=1S/C14H13N3O3/c1-20-14(18)12-5-10(11-7-16(19)3-2-15-11)13-9-4-8(9)6-17(12)13/h2-3,5,7-9H,4,6H2,1H3. The van der Waals surface area contributed by atoms with Crippen LogP contribution in [0.3, 0.4) is 0 Å². The lowest BCUT2D eigenvalue weighted by Crippen LogP contribution is -2.24. The minimum Gasteiger partial charge on any atom is -0.619 e. The van der Waals surface area contributed by atoms with E-state index in [-0.39, 0.29) is 5.97 Å². The Kier molecular flexibility index (Phi) is 2.19. The van der Waals surface area contributed by atoms with E-state index in [2.05, 4.69) is 4.98 Å². The third kappa shape index (κ3) is 1.47. The molecule has 1 aliphatic heterocycles. The number of aromatic nitrogens is 3. The Balaban J connectivity index is 1.90. The Labute approximate surface area is 115 Å². The summed E-state index contributed by atoms with van der Waals surface area (Å²) in [5.41, 5.74) is 3.15. The molecule has 2 aromatic rings. The molecule has 0 aromatic carbocycles. The SMILES string of the molecule is COC(=O)c1cc(-c2c[n+]([O-])ccn2)c2n1CC1CC21. The number of rotatable bonds is 2. The van der Waals surface area contributed by atoms with Crippen LogP contribution in [0.25, 0.3) is 11.3 Å². The van der Waals surface area contributed by atoms with Gasteiger partial charge in [-0.05, 0) is 18.4 Å². The molecule has 0 bridgehead atoms. The monoisotopic (exact) mass is 271 g/mol. The van der Waals surface area contributed by atoms with E-state index in [0.717, 1.165) is 29.0 Å². The highest BCUT2D eigenvalue weighted by atomic mass is 16.5. The van der Waals surface area contributed by atoms with Crippen molar-refractivity contribution in [1.82, 2.24) is 9.55 Å². The fourth-order valence-electron chi connectivity index (χ4n) is 3.17. The lowest BCUT2D eigenvalue weighted by atomic mass is 10.1. The molecule has 0 radical (unpaired) electrons. The summed E-state index contributed by atoms with van der Waals surface area (Å²) in [6.45, 7) is 0.856. The van der Waals surface area contributed by atoms with E-state index in [1.807, 2.05) is 4.57 Å². The molecular weight excluding hydrogens is 258 g/mol. The Morgan fingerprint density at radius 1 is 1.60 bits per heavy atom. The van der Waals surface area contributed by atoms with Crippen LogP contribution in [0.1, 0.15) is 28.5 Å². The number of fused-ring (bicyclic) bond motifs is 3. The van der Waals surface area contributed by atoms with Gasteiger partial charge in [-0.15, -0.1) is 0 Å². The summed E-state index contributed by atoms with van der Waals surface area (Å²) < 4.78 is 7.58. The number of carbonyl (C=O) groups excluding carboxylic acids is 1. The summed E-state index contributed by atoms with van der Waals surface area (Å²) in [4.78, 5) is 16.1. The van der Waals surface area contributed by atoms with Crippen LogP contribution < -0.4 is 4.73 Å².